The molecular formula is C18H32ClFO. The maximum absolute atomic E-state index is 13.9. The third-order valence-corrected chi connectivity index (χ3v) is 6.78. The Morgan fingerprint density at radius 3 is 1.95 bits per heavy atom. The zero-order chi connectivity index (χ0) is 15.4. The molecule has 0 heterocycles. The second-order valence-electron chi connectivity index (χ2n) is 7.56. The van der Waals surface area contributed by atoms with Gasteiger partial charge in [0.1, 0.15) is 6.17 Å². The Hall–Kier alpha value is 0.180. The van der Waals surface area contributed by atoms with Gasteiger partial charge < -0.3 is 5.11 Å². The van der Waals surface area contributed by atoms with Crippen molar-refractivity contribution in [2.75, 3.05) is 0 Å². The van der Waals surface area contributed by atoms with E-state index in [0.29, 0.717) is 5.92 Å². The van der Waals surface area contributed by atoms with Gasteiger partial charge in [-0.3, -0.25) is 0 Å². The molecule has 2 fully saturated rings. The highest BCUT2D eigenvalue weighted by atomic mass is 35.5. The van der Waals surface area contributed by atoms with Gasteiger partial charge in [-0.25, -0.2) is 4.39 Å². The second kappa shape index (κ2) is 8.15. The van der Waals surface area contributed by atoms with Gasteiger partial charge in [0.15, 0.2) is 0 Å². The summed E-state index contributed by atoms with van der Waals surface area (Å²) in [6.07, 6.45) is 9.83. The van der Waals surface area contributed by atoms with Gasteiger partial charge in [0, 0.05) is 0 Å². The number of halogens is 2. The predicted octanol–water partition coefficient (Wildman–Crippen LogP) is 5.34. The second-order valence-corrected chi connectivity index (χ2v) is 8.07. The fraction of sp³-hybridized carbons (Fsp3) is 1.00. The largest absolute Gasteiger partial charge is 0.390 e. The average molecular weight is 319 g/mol. The molecule has 4 unspecified atom stereocenters. The van der Waals surface area contributed by atoms with Gasteiger partial charge in [0.25, 0.3) is 0 Å². The lowest BCUT2D eigenvalue weighted by molar-refractivity contribution is 0.0650. The van der Waals surface area contributed by atoms with Gasteiger partial charge in [-0.15, -0.1) is 11.6 Å². The minimum Gasteiger partial charge on any atom is -0.390 e. The van der Waals surface area contributed by atoms with Gasteiger partial charge in [-0.1, -0.05) is 39.0 Å². The van der Waals surface area contributed by atoms with E-state index < -0.39 is 17.7 Å². The molecule has 1 nitrogen and oxygen atoms in total. The summed E-state index contributed by atoms with van der Waals surface area (Å²) in [5, 5.41) is 8.84. The molecule has 4 atom stereocenters. The molecule has 0 amide bonds. The van der Waals surface area contributed by atoms with Crippen LogP contribution in [-0.4, -0.2) is 22.8 Å². The minimum atomic E-state index is -1.31. The van der Waals surface area contributed by atoms with Crippen molar-refractivity contribution in [3.63, 3.8) is 0 Å². The molecule has 0 saturated heterocycles. The molecule has 3 heteroatoms. The van der Waals surface area contributed by atoms with E-state index in [1.165, 1.54) is 64.7 Å². The average Bonchev–Trinajstić information content (AvgIpc) is 2.53. The summed E-state index contributed by atoms with van der Waals surface area (Å²) >= 11 is 6.26. The topological polar surface area (TPSA) is 20.2 Å². The van der Waals surface area contributed by atoms with Crippen molar-refractivity contribution in [3.8, 4) is 0 Å². The SMILES string of the molecule is CC(O)C(F)C(Cl)C(C)C1CCC(C2CCCCC2)CC1. The molecule has 2 saturated carbocycles. The lowest BCUT2D eigenvalue weighted by Crippen LogP contribution is -2.37. The molecular weight excluding hydrogens is 287 g/mol. The van der Waals surface area contributed by atoms with Crippen LogP contribution in [0.4, 0.5) is 4.39 Å². The zero-order valence-electron chi connectivity index (χ0n) is 13.6. The predicted molar refractivity (Wildman–Crippen MR) is 87.4 cm³/mol. The summed E-state index contributed by atoms with van der Waals surface area (Å²) in [6, 6.07) is 0. The van der Waals surface area contributed by atoms with Crippen LogP contribution < -0.4 is 0 Å². The van der Waals surface area contributed by atoms with E-state index in [4.69, 9.17) is 11.6 Å². The Labute approximate surface area is 134 Å². The number of aliphatic hydroxyl groups is 1. The molecule has 0 bridgehead atoms. The first-order valence-electron chi connectivity index (χ1n) is 8.97. The summed E-state index contributed by atoms with van der Waals surface area (Å²) < 4.78 is 13.9. The monoisotopic (exact) mass is 318 g/mol. The molecule has 2 rings (SSSR count). The first-order valence-corrected chi connectivity index (χ1v) is 9.40. The van der Waals surface area contributed by atoms with Crippen LogP contribution >= 0.6 is 11.6 Å². The van der Waals surface area contributed by atoms with Gasteiger partial charge in [-0.05, 0) is 56.3 Å². The van der Waals surface area contributed by atoms with Crippen molar-refractivity contribution >= 4 is 11.6 Å². The van der Waals surface area contributed by atoms with E-state index in [0.717, 1.165) is 11.8 Å². The fourth-order valence-corrected chi connectivity index (χ4v) is 4.98. The van der Waals surface area contributed by atoms with Gasteiger partial charge >= 0.3 is 0 Å². The van der Waals surface area contributed by atoms with Crippen LogP contribution in [0.2, 0.25) is 0 Å². The van der Waals surface area contributed by atoms with Gasteiger partial charge in [0.2, 0.25) is 0 Å². The van der Waals surface area contributed by atoms with E-state index in [2.05, 4.69) is 6.92 Å². The van der Waals surface area contributed by atoms with Gasteiger partial charge in [0.05, 0.1) is 11.5 Å². The molecule has 124 valence electrons. The number of hydrogen-bond acceptors (Lipinski definition) is 1. The smallest absolute Gasteiger partial charge is 0.142 e. The first kappa shape index (κ1) is 17.5. The normalized spacial score (nSPS) is 34.1. The zero-order valence-corrected chi connectivity index (χ0v) is 14.4. The van der Waals surface area contributed by atoms with Crippen LogP contribution in [0, 0.1) is 23.7 Å². The lowest BCUT2D eigenvalue weighted by atomic mass is 9.68. The van der Waals surface area contributed by atoms with Crippen LogP contribution in [0.5, 0.6) is 0 Å². The quantitative estimate of drug-likeness (QED) is 0.679. The Bertz CT molecular complexity index is 296. The summed E-state index contributed by atoms with van der Waals surface area (Å²) in [6.45, 7) is 3.56. The van der Waals surface area contributed by atoms with Crippen LogP contribution in [0.1, 0.15) is 71.6 Å². The molecule has 2 aliphatic carbocycles. The van der Waals surface area contributed by atoms with Crippen LogP contribution in [0.3, 0.4) is 0 Å². The Kier molecular flexibility index (Phi) is 6.80. The number of alkyl halides is 2. The molecule has 1 N–H and O–H groups in total. The molecule has 21 heavy (non-hydrogen) atoms. The number of aliphatic hydroxyl groups excluding tert-OH is 1. The molecule has 0 aromatic carbocycles. The van der Waals surface area contributed by atoms with Crippen molar-refractivity contribution in [3.05, 3.63) is 0 Å². The van der Waals surface area contributed by atoms with E-state index in [-0.39, 0.29) is 5.92 Å². The fourth-order valence-electron chi connectivity index (χ4n) is 4.56. The van der Waals surface area contributed by atoms with Crippen molar-refractivity contribution in [1.82, 2.24) is 0 Å². The van der Waals surface area contributed by atoms with E-state index >= 15 is 0 Å². The first-order chi connectivity index (χ1) is 10.0. The summed E-state index contributed by atoms with van der Waals surface area (Å²) in [7, 11) is 0. The summed E-state index contributed by atoms with van der Waals surface area (Å²) in [4.78, 5) is 0. The standard InChI is InChI=1S/C18H32ClFO/c1-12(17(19)18(20)13(2)21)14-8-10-16(11-9-14)15-6-4-3-5-7-15/h12-18,21H,3-11H2,1-2H3. The third-order valence-electron chi connectivity index (χ3n) is 6.14. The maximum atomic E-state index is 13.9. The van der Waals surface area contributed by atoms with Crippen molar-refractivity contribution in [2.45, 2.75) is 89.3 Å². The van der Waals surface area contributed by atoms with Gasteiger partial charge in [-0.2, -0.15) is 0 Å². The Morgan fingerprint density at radius 1 is 0.905 bits per heavy atom. The van der Waals surface area contributed by atoms with Crippen molar-refractivity contribution < 1.29 is 9.50 Å². The van der Waals surface area contributed by atoms with E-state index in [9.17, 15) is 9.50 Å². The molecule has 0 aliphatic heterocycles. The summed E-state index contributed by atoms with van der Waals surface area (Å²) in [5.41, 5.74) is 0. The van der Waals surface area contributed by atoms with Crippen molar-refractivity contribution in [1.29, 1.82) is 0 Å². The van der Waals surface area contributed by atoms with Crippen LogP contribution in [0.25, 0.3) is 0 Å². The summed E-state index contributed by atoms with van der Waals surface area (Å²) in [5.74, 6) is 2.54. The lowest BCUT2D eigenvalue weighted by Gasteiger charge is -2.39. The molecule has 0 radical (unpaired) electrons. The third kappa shape index (κ3) is 4.58. The highest BCUT2D eigenvalue weighted by Crippen LogP contribution is 2.43. The highest BCUT2D eigenvalue weighted by molar-refractivity contribution is 6.21. The molecule has 2 aliphatic rings. The number of hydrogen-bond donors (Lipinski definition) is 1. The van der Waals surface area contributed by atoms with E-state index in [1.807, 2.05) is 0 Å². The molecule has 0 aromatic rings. The van der Waals surface area contributed by atoms with Crippen LogP contribution in [0.15, 0.2) is 0 Å². The molecule has 0 spiro atoms. The maximum Gasteiger partial charge on any atom is 0.142 e. The van der Waals surface area contributed by atoms with Crippen LogP contribution in [-0.2, 0) is 0 Å². The minimum absolute atomic E-state index is 0.156. The van der Waals surface area contributed by atoms with E-state index in [1.54, 1.807) is 0 Å². The Morgan fingerprint density at radius 2 is 1.43 bits per heavy atom. The highest BCUT2D eigenvalue weighted by Gasteiger charge is 2.36. The molecule has 0 aromatic heterocycles. The Balaban J connectivity index is 1.79. The van der Waals surface area contributed by atoms with Crippen molar-refractivity contribution in [2.24, 2.45) is 23.7 Å². The number of rotatable bonds is 5.